The predicted molar refractivity (Wildman–Crippen MR) is 124 cm³/mol. The number of furan rings is 1. The molecular weight excluding hydrogens is 438 g/mol. The first-order valence-electron chi connectivity index (χ1n) is 10.8. The van der Waals surface area contributed by atoms with Crippen LogP contribution in [0.25, 0.3) is 5.76 Å². The zero-order valence-corrected chi connectivity index (χ0v) is 18.4. The lowest BCUT2D eigenvalue weighted by molar-refractivity contribution is -0.136. The highest BCUT2D eigenvalue weighted by Gasteiger charge is 2.48. The van der Waals surface area contributed by atoms with Crippen LogP contribution in [0.4, 0.5) is 5.69 Å². The maximum Gasteiger partial charge on any atom is 0.307 e. The van der Waals surface area contributed by atoms with E-state index in [1.807, 2.05) is 6.92 Å². The van der Waals surface area contributed by atoms with Crippen molar-refractivity contribution in [2.75, 3.05) is 11.5 Å². The molecule has 0 bridgehead atoms. The molecule has 8 nitrogen and oxygen atoms in total. The molecule has 0 aliphatic carbocycles. The molecule has 1 atom stereocenters. The summed E-state index contributed by atoms with van der Waals surface area (Å²) in [6.45, 7) is 2.47. The van der Waals surface area contributed by atoms with Crippen molar-refractivity contribution in [3.8, 4) is 5.75 Å². The fourth-order valence-electron chi connectivity index (χ4n) is 3.87. The second-order valence-corrected chi connectivity index (χ2v) is 7.80. The number of hydrogen-bond acceptors (Lipinski definition) is 6. The third-order valence-corrected chi connectivity index (χ3v) is 5.41. The van der Waals surface area contributed by atoms with E-state index in [1.54, 1.807) is 60.7 Å². The zero-order chi connectivity index (χ0) is 24.2. The molecular formula is C26H23NO7. The van der Waals surface area contributed by atoms with E-state index >= 15 is 0 Å². The Morgan fingerprint density at radius 1 is 1.06 bits per heavy atom. The molecule has 1 unspecified atom stereocenters. The summed E-state index contributed by atoms with van der Waals surface area (Å²) in [5.74, 6) is -2.17. The number of carboxylic acid groups (broad SMARTS) is 1. The molecule has 1 fully saturated rings. The highest BCUT2D eigenvalue weighted by molar-refractivity contribution is 6.51. The summed E-state index contributed by atoms with van der Waals surface area (Å²) in [6, 6.07) is 15.2. The Kier molecular flexibility index (Phi) is 6.49. The van der Waals surface area contributed by atoms with Gasteiger partial charge in [0, 0.05) is 11.3 Å². The molecule has 0 spiro atoms. The number of aliphatic hydroxyl groups excluding tert-OH is 1. The van der Waals surface area contributed by atoms with E-state index in [-0.39, 0.29) is 17.8 Å². The molecule has 2 aromatic carbocycles. The molecule has 0 radical (unpaired) electrons. The molecule has 8 heteroatoms. The van der Waals surface area contributed by atoms with Crippen LogP contribution >= 0.6 is 0 Å². The summed E-state index contributed by atoms with van der Waals surface area (Å²) in [6.07, 6.45) is 2.06. The van der Waals surface area contributed by atoms with E-state index in [1.165, 1.54) is 11.2 Å². The summed E-state index contributed by atoms with van der Waals surface area (Å²) in [7, 11) is 0. The number of aliphatic carboxylic acids is 1. The van der Waals surface area contributed by atoms with Gasteiger partial charge in [0.2, 0.25) is 0 Å². The Bertz CT molecular complexity index is 1240. The number of carboxylic acids is 1. The standard InChI is InChI=1S/C26H23NO7/c1-2-12-33-19-6-3-5-17(15-19)24(30)22-23(20-7-4-13-34-20)27(26(32)25(22)31)18-10-8-16(9-11-18)14-21(28)29/h3-11,13,15,23,30H,2,12,14H2,1H3,(H,28,29)/b24-22-. The number of benzene rings is 2. The molecule has 1 amide bonds. The van der Waals surface area contributed by atoms with E-state index in [4.69, 9.17) is 14.3 Å². The molecule has 1 aromatic heterocycles. The van der Waals surface area contributed by atoms with E-state index in [0.29, 0.717) is 34.9 Å². The lowest BCUT2D eigenvalue weighted by Gasteiger charge is -2.23. The van der Waals surface area contributed by atoms with Crippen molar-refractivity contribution in [1.29, 1.82) is 0 Å². The van der Waals surface area contributed by atoms with E-state index < -0.39 is 23.7 Å². The minimum atomic E-state index is -0.999. The minimum Gasteiger partial charge on any atom is -0.507 e. The van der Waals surface area contributed by atoms with Gasteiger partial charge in [-0.25, -0.2) is 0 Å². The number of carbonyl (C=O) groups is 3. The molecule has 0 saturated carbocycles. The average Bonchev–Trinajstić information content (AvgIpc) is 3.45. The SMILES string of the molecule is CCCOc1cccc(/C(O)=C2/C(=O)C(=O)N(c3ccc(CC(=O)O)cc3)C2c2ccco2)c1. The summed E-state index contributed by atoms with van der Waals surface area (Å²) in [5, 5.41) is 20.2. The number of Topliss-reactive ketones (excluding diaryl/α,β-unsaturated/α-hetero) is 1. The quantitative estimate of drug-likeness (QED) is 0.291. The summed E-state index contributed by atoms with van der Waals surface area (Å²) < 4.78 is 11.2. The Morgan fingerprint density at radius 2 is 1.82 bits per heavy atom. The van der Waals surface area contributed by atoms with Crippen LogP contribution in [-0.2, 0) is 20.8 Å². The van der Waals surface area contributed by atoms with Gasteiger partial charge in [-0.3, -0.25) is 19.3 Å². The maximum absolute atomic E-state index is 13.1. The molecule has 3 aromatic rings. The van der Waals surface area contributed by atoms with E-state index in [9.17, 15) is 19.5 Å². The fourth-order valence-corrected chi connectivity index (χ4v) is 3.87. The lowest BCUT2D eigenvalue weighted by atomic mass is 9.99. The number of amides is 1. The number of carbonyl (C=O) groups excluding carboxylic acids is 2. The van der Waals surface area contributed by atoms with Crippen molar-refractivity contribution >= 4 is 29.1 Å². The number of rotatable bonds is 8. The second-order valence-electron chi connectivity index (χ2n) is 7.80. The molecule has 34 heavy (non-hydrogen) atoms. The van der Waals surface area contributed by atoms with Gasteiger partial charge in [-0.15, -0.1) is 0 Å². The van der Waals surface area contributed by atoms with Crippen molar-refractivity contribution in [3.63, 3.8) is 0 Å². The van der Waals surface area contributed by atoms with Gasteiger partial charge in [-0.1, -0.05) is 31.2 Å². The second kappa shape index (κ2) is 9.66. The van der Waals surface area contributed by atoms with Crippen molar-refractivity contribution in [3.05, 3.63) is 89.4 Å². The first-order valence-corrected chi connectivity index (χ1v) is 10.8. The van der Waals surface area contributed by atoms with Gasteiger partial charge in [0.05, 0.1) is 24.9 Å². The smallest absolute Gasteiger partial charge is 0.307 e. The monoisotopic (exact) mass is 461 g/mol. The number of ether oxygens (including phenoxy) is 1. The summed E-state index contributed by atoms with van der Waals surface area (Å²) in [5.41, 5.74) is 1.14. The van der Waals surface area contributed by atoms with Crippen LogP contribution in [0.2, 0.25) is 0 Å². The number of anilines is 1. The molecule has 1 saturated heterocycles. The van der Waals surface area contributed by atoms with Crippen LogP contribution < -0.4 is 9.64 Å². The third-order valence-electron chi connectivity index (χ3n) is 5.41. The first-order chi connectivity index (χ1) is 16.4. The number of hydrogen-bond donors (Lipinski definition) is 2. The molecule has 2 heterocycles. The van der Waals surface area contributed by atoms with Gasteiger partial charge in [-0.05, 0) is 48.4 Å². The van der Waals surface area contributed by atoms with Gasteiger partial charge in [-0.2, -0.15) is 0 Å². The Labute approximate surface area is 195 Å². The maximum atomic E-state index is 13.1. The van der Waals surface area contributed by atoms with E-state index in [2.05, 4.69) is 0 Å². The number of ketones is 1. The van der Waals surface area contributed by atoms with E-state index in [0.717, 1.165) is 6.42 Å². The van der Waals surface area contributed by atoms with Crippen LogP contribution in [0.5, 0.6) is 5.75 Å². The molecule has 174 valence electrons. The number of aliphatic hydroxyl groups is 1. The van der Waals surface area contributed by atoms with Crippen molar-refractivity contribution in [2.24, 2.45) is 0 Å². The first kappa shape index (κ1) is 22.8. The number of nitrogens with zero attached hydrogens (tertiary/aromatic N) is 1. The summed E-state index contributed by atoms with van der Waals surface area (Å²) in [4.78, 5) is 38.4. The highest BCUT2D eigenvalue weighted by atomic mass is 16.5. The minimum absolute atomic E-state index is 0.109. The predicted octanol–water partition coefficient (Wildman–Crippen LogP) is 4.32. The van der Waals surface area contributed by atoms with Gasteiger partial charge < -0.3 is 19.4 Å². The molecule has 1 aliphatic rings. The van der Waals surface area contributed by atoms with Gasteiger partial charge in [0.25, 0.3) is 11.7 Å². The van der Waals surface area contributed by atoms with Crippen molar-refractivity contribution in [2.45, 2.75) is 25.8 Å². The lowest BCUT2D eigenvalue weighted by Crippen LogP contribution is -2.29. The Hall–Kier alpha value is -4.33. The Balaban J connectivity index is 1.80. The topological polar surface area (TPSA) is 117 Å². The normalized spacial score (nSPS) is 17.2. The molecule has 2 N–H and O–H groups in total. The largest absolute Gasteiger partial charge is 0.507 e. The van der Waals surface area contributed by atoms with Crippen LogP contribution in [-0.4, -0.2) is 34.5 Å². The van der Waals surface area contributed by atoms with Crippen LogP contribution in [0, 0.1) is 0 Å². The fraction of sp³-hybridized carbons (Fsp3) is 0.192. The van der Waals surface area contributed by atoms with Crippen LogP contribution in [0.15, 0.2) is 76.9 Å². The van der Waals surface area contributed by atoms with Crippen LogP contribution in [0.1, 0.15) is 36.3 Å². The zero-order valence-electron chi connectivity index (χ0n) is 18.4. The summed E-state index contributed by atoms with van der Waals surface area (Å²) >= 11 is 0. The van der Waals surface area contributed by atoms with Crippen molar-refractivity contribution in [1.82, 2.24) is 0 Å². The van der Waals surface area contributed by atoms with Crippen molar-refractivity contribution < 1.29 is 33.8 Å². The third kappa shape index (κ3) is 4.43. The van der Waals surface area contributed by atoms with Gasteiger partial charge in [0.15, 0.2) is 0 Å². The van der Waals surface area contributed by atoms with Gasteiger partial charge >= 0.3 is 5.97 Å². The highest BCUT2D eigenvalue weighted by Crippen LogP contribution is 2.42. The average molecular weight is 461 g/mol. The van der Waals surface area contributed by atoms with Crippen LogP contribution in [0.3, 0.4) is 0 Å². The molecule has 4 rings (SSSR count). The Morgan fingerprint density at radius 3 is 2.47 bits per heavy atom. The molecule has 1 aliphatic heterocycles. The van der Waals surface area contributed by atoms with Gasteiger partial charge in [0.1, 0.15) is 23.3 Å².